The van der Waals surface area contributed by atoms with Gasteiger partial charge in [-0.05, 0) is 111 Å². The number of aliphatic hydroxyl groups is 9. The highest BCUT2D eigenvalue weighted by Gasteiger charge is 2.70. The van der Waals surface area contributed by atoms with Gasteiger partial charge in [0.1, 0.15) is 67.1 Å². The lowest BCUT2D eigenvalue weighted by atomic mass is 9.40. The van der Waals surface area contributed by atoms with Crippen LogP contribution in [-0.2, 0) is 37.9 Å². The van der Waals surface area contributed by atoms with Gasteiger partial charge in [-0.3, -0.25) is 0 Å². The molecule has 4 aliphatic carbocycles. The van der Waals surface area contributed by atoms with Crippen LogP contribution in [0.15, 0.2) is 0 Å². The van der Waals surface area contributed by atoms with Crippen molar-refractivity contribution in [2.24, 2.45) is 51.8 Å². The molecule has 9 rings (SSSR count). The minimum atomic E-state index is -1.81. The molecule has 4 saturated carbocycles. The van der Waals surface area contributed by atoms with E-state index in [1.165, 1.54) is 19.8 Å². The third-order valence-corrected chi connectivity index (χ3v) is 19.0. The van der Waals surface area contributed by atoms with E-state index in [-0.39, 0.29) is 28.5 Å². The lowest BCUT2D eigenvalue weighted by molar-refractivity contribution is -0.390. The topological polar surface area (TPSA) is 256 Å². The summed E-state index contributed by atoms with van der Waals surface area (Å²) in [5.41, 5.74) is 0.221. The summed E-state index contributed by atoms with van der Waals surface area (Å²) in [6.45, 7) is 12.9. The van der Waals surface area contributed by atoms with Crippen molar-refractivity contribution in [2.75, 3.05) is 19.8 Å². The maximum atomic E-state index is 11.8. The summed E-state index contributed by atoms with van der Waals surface area (Å²) in [6.07, 6.45) is -13.1. The molecule has 9 N–H and O–H groups in total. The molecule has 63 heavy (non-hydrogen) atoms. The third-order valence-electron chi connectivity index (χ3n) is 19.0. The standard InChI is InChI=1S/C46H76O17/c1-20-7-14-46(56-19-20)21(2)30-27(63-46)15-26-24-9-11-43(4)16-23(8-13-45(43,6)25(24)10-12-44(26,30)5)58-41-37(55)38(33(51)29(18-48)59-41)61-42-39(35(53)32(50)28(17-47)60-42)62-40-36(54)34(52)31(49)22(3)57-40/h20-42,47-55H,7-19H2,1-6H3/t20-,21?,22+,23+,24?,25?,26?,27?,28-,29-,30?,31+,32-,33-,34-,35+,36-,37-,38+,39-,40+,41-,42+,43+,44+,45-,46?/m1/s1. The second-order valence-corrected chi connectivity index (χ2v) is 22.2. The van der Waals surface area contributed by atoms with E-state index in [0.717, 1.165) is 58.0 Å². The van der Waals surface area contributed by atoms with E-state index in [9.17, 15) is 46.0 Å². The van der Waals surface area contributed by atoms with Crippen LogP contribution in [0.25, 0.3) is 0 Å². The molecule has 0 amide bonds. The van der Waals surface area contributed by atoms with Crippen LogP contribution in [0, 0.1) is 51.8 Å². The summed E-state index contributed by atoms with van der Waals surface area (Å²) >= 11 is 0. The molecule has 1 spiro atoms. The summed E-state index contributed by atoms with van der Waals surface area (Å²) in [5.74, 6) is 2.79. The highest BCUT2D eigenvalue weighted by Crippen LogP contribution is 2.73. The van der Waals surface area contributed by atoms with E-state index >= 15 is 0 Å². The van der Waals surface area contributed by atoms with Crippen LogP contribution >= 0.6 is 0 Å². The highest BCUT2D eigenvalue weighted by atomic mass is 16.8. The van der Waals surface area contributed by atoms with Gasteiger partial charge in [0.15, 0.2) is 24.7 Å². The average molecular weight is 901 g/mol. The van der Waals surface area contributed by atoms with Gasteiger partial charge in [0.2, 0.25) is 0 Å². The third kappa shape index (κ3) is 7.62. The van der Waals surface area contributed by atoms with E-state index in [0.29, 0.717) is 35.5 Å². The van der Waals surface area contributed by atoms with Gasteiger partial charge in [-0.1, -0.05) is 34.6 Å². The predicted octanol–water partition coefficient (Wildman–Crippen LogP) is 0.684. The van der Waals surface area contributed by atoms with Crippen molar-refractivity contribution in [2.45, 2.75) is 216 Å². The Morgan fingerprint density at radius 3 is 1.98 bits per heavy atom. The molecule has 0 aromatic rings. The molecule has 27 atom stereocenters. The van der Waals surface area contributed by atoms with Gasteiger partial charge in [-0.15, -0.1) is 0 Å². The monoisotopic (exact) mass is 901 g/mol. The number of aliphatic hydroxyl groups excluding tert-OH is 9. The molecule has 9 fully saturated rings. The van der Waals surface area contributed by atoms with E-state index in [4.69, 9.17) is 37.9 Å². The molecule has 5 saturated heterocycles. The van der Waals surface area contributed by atoms with Crippen molar-refractivity contribution in [3.05, 3.63) is 0 Å². The first kappa shape index (κ1) is 47.4. The van der Waals surface area contributed by atoms with Gasteiger partial charge >= 0.3 is 0 Å². The van der Waals surface area contributed by atoms with Crippen molar-refractivity contribution in [1.29, 1.82) is 0 Å². The van der Waals surface area contributed by atoms with Gasteiger partial charge in [-0.25, -0.2) is 0 Å². The Balaban J connectivity index is 0.876. The summed E-state index contributed by atoms with van der Waals surface area (Å²) in [5, 5.41) is 96.8. The Bertz CT molecular complexity index is 1600. The fourth-order valence-electron chi connectivity index (χ4n) is 15.0. The van der Waals surface area contributed by atoms with Crippen molar-refractivity contribution in [1.82, 2.24) is 0 Å². The first-order valence-electron chi connectivity index (χ1n) is 24.0. The largest absolute Gasteiger partial charge is 0.394 e. The molecule has 17 heteroatoms. The molecular weight excluding hydrogens is 824 g/mol. The Hall–Kier alpha value is -0.680. The molecule has 0 radical (unpaired) electrons. The summed E-state index contributed by atoms with van der Waals surface area (Å²) in [7, 11) is 0. The second-order valence-electron chi connectivity index (χ2n) is 22.2. The zero-order chi connectivity index (χ0) is 45.1. The molecule has 0 bridgehead atoms. The molecule has 5 heterocycles. The highest BCUT2D eigenvalue weighted by molar-refractivity contribution is 5.17. The lowest BCUT2D eigenvalue weighted by Crippen LogP contribution is -2.67. The fourth-order valence-corrected chi connectivity index (χ4v) is 15.0. The zero-order valence-electron chi connectivity index (χ0n) is 37.8. The van der Waals surface area contributed by atoms with Crippen molar-refractivity contribution in [3.63, 3.8) is 0 Å². The average Bonchev–Trinajstić information content (AvgIpc) is 3.70. The number of hydrogen-bond acceptors (Lipinski definition) is 17. The number of fused-ring (bicyclic) bond motifs is 7. The normalized spacial score (nSPS) is 59.4. The first-order valence-corrected chi connectivity index (χ1v) is 24.0. The van der Waals surface area contributed by atoms with E-state index in [1.54, 1.807) is 0 Å². The minimum Gasteiger partial charge on any atom is -0.394 e. The quantitative estimate of drug-likeness (QED) is 0.152. The van der Waals surface area contributed by atoms with Gasteiger partial charge in [0.25, 0.3) is 0 Å². The van der Waals surface area contributed by atoms with Crippen LogP contribution in [0.3, 0.4) is 0 Å². The van der Waals surface area contributed by atoms with E-state index in [2.05, 4.69) is 34.6 Å². The van der Waals surface area contributed by atoms with Gasteiger partial charge < -0.3 is 83.9 Å². The molecule has 5 aliphatic heterocycles. The van der Waals surface area contributed by atoms with Crippen LogP contribution in [0.2, 0.25) is 0 Å². The molecule has 362 valence electrons. The van der Waals surface area contributed by atoms with Crippen LogP contribution in [0.5, 0.6) is 0 Å². The lowest BCUT2D eigenvalue weighted by Gasteiger charge is -2.65. The summed E-state index contributed by atoms with van der Waals surface area (Å²) in [4.78, 5) is 0. The van der Waals surface area contributed by atoms with Crippen molar-refractivity contribution >= 4 is 0 Å². The maximum absolute atomic E-state index is 11.8. The van der Waals surface area contributed by atoms with E-state index in [1.807, 2.05) is 0 Å². The Morgan fingerprint density at radius 1 is 0.603 bits per heavy atom. The predicted molar refractivity (Wildman–Crippen MR) is 219 cm³/mol. The molecule has 7 unspecified atom stereocenters. The van der Waals surface area contributed by atoms with Gasteiger partial charge in [0, 0.05) is 12.3 Å². The Morgan fingerprint density at radius 2 is 1.29 bits per heavy atom. The number of ether oxygens (including phenoxy) is 8. The van der Waals surface area contributed by atoms with Gasteiger partial charge in [0.05, 0.1) is 38.1 Å². The Labute approximate surface area is 370 Å². The summed E-state index contributed by atoms with van der Waals surface area (Å²) in [6, 6.07) is 0. The number of rotatable bonds is 8. The molecule has 17 nitrogen and oxygen atoms in total. The SMILES string of the molecule is CC1C2C(CC3C4CC[C@@]5(C)C[C@@H](O[C@@H]6O[C@H](CO)[C@@H](O)[C@H](O[C@@H]7O[C@H](CO)[C@@H](O)[C@H](O)[C@H]7O[C@@H]7O[C@@H](C)[C@H](O)[C@@H](O)[C@H]7O)[C@H]6O)CC[C@]5(C)C4CC[C@@]32C)OC12CC[C@@H](C)CO2. The van der Waals surface area contributed by atoms with Crippen LogP contribution in [0.1, 0.15) is 106 Å². The van der Waals surface area contributed by atoms with Crippen LogP contribution in [-0.4, -0.2) is 176 Å². The molecule has 0 aromatic heterocycles. The summed E-state index contributed by atoms with van der Waals surface area (Å²) < 4.78 is 49.6. The minimum absolute atomic E-state index is 0.0607. The van der Waals surface area contributed by atoms with Crippen LogP contribution in [0.4, 0.5) is 0 Å². The molecular formula is C46H76O17. The van der Waals surface area contributed by atoms with Gasteiger partial charge in [-0.2, -0.15) is 0 Å². The number of hydrogen-bond donors (Lipinski definition) is 9. The zero-order valence-corrected chi connectivity index (χ0v) is 37.8. The fraction of sp³-hybridized carbons (Fsp3) is 1.00. The molecule has 9 aliphatic rings. The molecule has 0 aromatic carbocycles. The van der Waals surface area contributed by atoms with Crippen molar-refractivity contribution in [3.8, 4) is 0 Å². The smallest absolute Gasteiger partial charge is 0.187 e. The second kappa shape index (κ2) is 17.4. The Kier molecular flexibility index (Phi) is 13.1. The van der Waals surface area contributed by atoms with Crippen molar-refractivity contribution < 1.29 is 83.9 Å². The van der Waals surface area contributed by atoms with E-state index < -0.39 is 111 Å². The maximum Gasteiger partial charge on any atom is 0.187 e. The van der Waals surface area contributed by atoms with Crippen LogP contribution < -0.4 is 0 Å². The first-order chi connectivity index (χ1) is 29.8.